The maximum absolute atomic E-state index is 14.0. The largest absolute Gasteiger partial charge is 0.379 e. The number of hydrogen-bond acceptors (Lipinski definition) is 2. The Kier molecular flexibility index (Phi) is 4.88. The summed E-state index contributed by atoms with van der Waals surface area (Å²) in [7, 11) is 1.64. The third-order valence-corrected chi connectivity index (χ3v) is 3.59. The van der Waals surface area contributed by atoms with Crippen molar-refractivity contribution < 1.29 is 13.5 Å². The van der Waals surface area contributed by atoms with Crippen molar-refractivity contribution in [2.75, 3.05) is 13.7 Å². The molecule has 2 atom stereocenters. The Bertz CT molecular complexity index is 421. The van der Waals surface area contributed by atoms with E-state index in [1.807, 2.05) is 6.92 Å². The van der Waals surface area contributed by atoms with Gasteiger partial charge in [0.25, 0.3) is 0 Å². The van der Waals surface area contributed by atoms with Gasteiger partial charge in [0.15, 0.2) is 0 Å². The normalized spacial score (nSPS) is 18.3. The Labute approximate surface area is 113 Å². The lowest BCUT2D eigenvalue weighted by atomic mass is 9.97. The molecule has 1 aliphatic carbocycles. The molecule has 2 nitrogen and oxygen atoms in total. The Morgan fingerprint density at radius 2 is 2.11 bits per heavy atom. The number of halogens is 2. The van der Waals surface area contributed by atoms with E-state index >= 15 is 0 Å². The topological polar surface area (TPSA) is 21.3 Å². The van der Waals surface area contributed by atoms with E-state index in [1.165, 1.54) is 12.1 Å². The van der Waals surface area contributed by atoms with Gasteiger partial charge in [0.1, 0.15) is 11.6 Å². The number of nitrogens with one attached hydrogen (secondary N) is 1. The maximum atomic E-state index is 14.0. The molecular weight excluding hydrogens is 248 g/mol. The molecule has 1 saturated carbocycles. The Balaban J connectivity index is 2.26. The van der Waals surface area contributed by atoms with E-state index in [2.05, 4.69) is 5.32 Å². The van der Waals surface area contributed by atoms with E-state index in [9.17, 15) is 8.78 Å². The molecule has 1 fully saturated rings. The molecule has 1 aromatic carbocycles. The van der Waals surface area contributed by atoms with Crippen molar-refractivity contribution in [3.05, 3.63) is 35.4 Å². The average molecular weight is 269 g/mol. The zero-order valence-electron chi connectivity index (χ0n) is 11.5. The van der Waals surface area contributed by atoms with Crippen LogP contribution in [-0.4, -0.2) is 19.8 Å². The highest BCUT2D eigenvalue weighted by atomic mass is 19.1. The molecule has 1 aliphatic rings. The maximum Gasteiger partial charge on any atom is 0.128 e. The summed E-state index contributed by atoms with van der Waals surface area (Å²) < 4.78 is 32.9. The summed E-state index contributed by atoms with van der Waals surface area (Å²) in [5.74, 6) is -0.343. The molecule has 0 bridgehead atoms. The quantitative estimate of drug-likeness (QED) is 0.819. The summed E-state index contributed by atoms with van der Waals surface area (Å²) in [5.41, 5.74) is 0.368. The number of hydrogen-bond donors (Lipinski definition) is 1. The fourth-order valence-electron chi connectivity index (χ4n) is 2.48. The zero-order chi connectivity index (χ0) is 13.8. The van der Waals surface area contributed by atoms with Crippen molar-refractivity contribution in [2.24, 2.45) is 5.92 Å². The van der Waals surface area contributed by atoms with E-state index in [1.54, 1.807) is 7.11 Å². The van der Waals surface area contributed by atoms with Crippen LogP contribution in [0.5, 0.6) is 0 Å². The third kappa shape index (κ3) is 3.51. The van der Waals surface area contributed by atoms with Crippen molar-refractivity contribution in [1.29, 1.82) is 0 Å². The van der Waals surface area contributed by atoms with Gasteiger partial charge in [-0.25, -0.2) is 8.78 Å². The van der Waals surface area contributed by atoms with Gasteiger partial charge >= 0.3 is 0 Å². The highest BCUT2D eigenvalue weighted by Gasteiger charge is 2.38. The van der Waals surface area contributed by atoms with E-state index in [0.29, 0.717) is 11.5 Å². The third-order valence-electron chi connectivity index (χ3n) is 3.59. The molecule has 0 aromatic heterocycles. The standard InChI is InChI=1S/C15H21F2NO/c1-3-8-18-14(15(19-2)10-4-5-10)12-9-11(16)6-7-13(12)17/h6-7,9-10,14-15,18H,3-5,8H2,1-2H3. The molecule has 0 spiro atoms. The first kappa shape index (κ1) is 14.4. The van der Waals surface area contributed by atoms with E-state index < -0.39 is 5.82 Å². The van der Waals surface area contributed by atoms with E-state index in [0.717, 1.165) is 31.9 Å². The lowest BCUT2D eigenvalue weighted by Gasteiger charge is -2.28. The minimum absolute atomic E-state index is 0.0946. The summed E-state index contributed by atoms with van der Waals surface area (Å²) in [6.07, 6.45) is 3.04. The first-order chi connectivity index (χ1) is 9.17. The van der Waals surface area contributed by atoms with Crippen LogP contribution in [0.2, 0.25) is 0 Å². The summed E-state index contributed by atoms with van der Waals surface area (Å²) in [5, 5.41) is 3.29. The summed E-state index contributed by atoms with van der Waals surface area (Å²) in [6.45, 7) is 2.80. The molecule has 0 aliphatic heterocycles. The molecule has 0 amide bonds. The van der Waals surface area contributed by atoms with E-state index in [4.69, 9.17) is 4.74 Å². The van der Waals surface area contributed by atoms with Crippen LogP contribution in [0.4, 0.5) is 8.78 Å². The summed E-state index contributed by atoms with van der Waals surface area (Å²) >= 11 is 0. The molecule has 1 aromatic rings. The van der Waals surface area contributed by atoms with Crippen LogP contribution < -0.4 is 5.32 Å². The highest BCUT2D eigenvalue weighted by Crippen LogP contribution is 2.40. The smallest absolute Gasteiger partial charge is 0.128 e. The van der Waals surface area contributed by atoms with Crippen LogP contribution in [-0.2, 0) is 4.74 Å². The van der Waals surface area contributed by atoms with Crippen molar-refractivity contribution in [2.45, 2.75) is 38.3 Å². The van der Waals surface area contributed by atoms with Gasteiger partial charge < -0.3 is 10.1 Å². The number of methoxy groups -OCH3 is 1. The second-order valence-corrected chi connectivity index (χ2v) is 5.14. The first-order valence-corrected chi connectivity index (χ1v) is 6.88. The Hall–Kier alpha value is -1.00. The summed E-state index contributed by atoms with van der Waals surface area (Å²) in [6, 6.07) is 3.32. The highest BCUT2D eigenvalue weighted by molar-refractivity contribution is 5.24. The van der Waals surface area contributed by atoms with Crippen LogP contribution in [0.25, 0.3) is 0 Å². The predicted octanol–water partition coefficient (Wildman–Crippen LogP) is 3.43. The van der Waals surface area contributed by atoms with Gasteiger partial charge in [-0.05, 0) is 49.9 Å². The molecule has 19 heavy (non-hydrogen) atoms. The van der Waals surface area contributed by atoms with Crippen molar-refractivity contribution >= 4 is 0 Å². The minimum Gasteiger partial charge on any atom is -0.379 e. The molecule has 0 saturated heterocycles. The van der Waals surface area contributed by atoms with Crippen molar-refractivity contribution in [1.82, 2.24) is 5.32 Å². The lowest BCUT2D eigenvalue weighted by molar-refractivity contribution is 0.0495. The van der Waals surface area contributed by atoms with Gasteiger partial charge in [-0.15, -0.1) is 0 Å². The van der Waals surface area contributed by atoms with E-state index in [-0.39, 0.29) is 18.0 Å². The molecule has 0 radical (unpaired) electrons. The van der Waals surface area contributed by atoms with Crippen LogP contribution >= 0.6 is 0 Å². The van der Waals surface area contributed by atoms with Crippen molar-refractivity contribution in [3.8, 4) is 0 Å². The van der Waals surface area contributed by atoms with Crippen LogP contribution in [0.15, 0.2) is 18.2 Å². The zero-order valence-corrected chi connectivity index (χ0v) is 11.5. The number of benzene rings is 1. The van der Waals surface area contributed by atoms with Gasteiger partial charge in [-0.1, -0.05) is 6.92 Å². The van der Waals surface area contributed by atoms with Crippen molar-refractivity contribution in [3.63, 3.8) is 0 Å². The molecule has 1 N–H and O–H groups in total. The van der Waals surface area contributed by atoms with Gasteiger partial charge in [0.2, 0.25) is 0 Å². The lowest BCUT2D eigenvalue weighted by Crippen LogP contribution is -2.36. The first-order valence-electron chi connectivity index (χ1n) is 6.88. The second-order valence-electron chi connectivity index (χ2n) is 5.14. The monoisotopic (exact) mass is 269 g/mol. The SMILES string of the molecule is CCCNC(c1cc(F)ccc1F)C(OC)C1CC1. The molecule has 2 unspecified atom stereocenters. The molecular formula is C15H21F2NO. The Morgan fingerprint density at radius 1 is 1.37 bits per heavy atom. The molecule has 106 valence electrons. The minimum atomic E-state index is -0.412. The van der Waals surface area contributed by atoms with Gasteiger partial charge in [-0.3, -0.25) is 0 Å². The molecule has 4 heteroatoms. The summed E-state index contributed by atoms with van der Waals surface area (Å²) in [4.78, 5) is 0. The van der Waals surface area contributed by atoms with Gasteiger partial charge in [0, 0.05) is 12.7 Å². The molecule has 0 heterocycles. The predicted molar refractivity (Wildman–Crippen MR) is 70.9 cm³/mol. The van der Waals surface area contributed by atoms with Gasteiger partial charge in [-0.2, -0.15) is 0 Å². The van der Waals surface area contributed by atoms with Crippen LogP contribution in [0.3, 0.4) is 0 Å². The molecule has 2 rings (SSSR count). The number of rotatable bonds is 7. The average Bonchev–Trinajstić information content (AvgIpc) is 3.22. The fourth-order valence-corrected chi connectivity index (χ4v) is 2.48. The Morgan fingerprint density at radius 3 is 2.68 bits per heavy atom. The van der Waals surface area contributed by atoms with Gasteiger partial charge in [0.05, 0.1) is 12.1 Å². The van der Waals surface area contributed by atoms with Crippen LogP contribution in [0, 0.1) is 17.6 Å². The van der Waals surface area contributed by atoms with Crippen LogP contribution in [0.1, 0.15) is 37.8 Å². The fraction of sp³-hybridized carbons (Fsp3) is 0.600. The second kappa shape index (κ2) is 6.44. The number of ether oxygens (including phenoxy) is 1.